The van der Waals surface area contributed by atoms with E-state index in [0.717, 1.165) is 0 Å². The summed E-state index contributed by atoms with van der Waals surface area (Å²) in [7, 11) is 0. The predicted octanol–water partition coefficient (Wildman–Crippen LogP) is 2.90. The van der Waals surface area contributed by atoms with Gasteiger partial charge in [0.1, 0.15) is 22.6 Å². The highest BCUT2D eigenvalue weighted by molar-refractivity contribution is 5.91. The molecule has 2 aromatic carbocycles. The third-order valence-electron chi connectivity index (χ3n) is 3.30. The molecule has 0 aliphatic rings. The number of aliphatic carboxylic acids is 2. The number of benzene rings is 2. The minimum Gasteiger partial charge on any atom is -0.507 e. The summed E-state index contributed by atoms with van der Waals surface area (Å²) in [6.07, 6.45) is 1.02. The molecule has 0 spiro atoms. The highest BCUT2D eigenvalue weighted by Gasteiger charge is 2.06. The quantitative estimate of drug-likeness (QED) is 0.362. The molecule has 0 unspecified atom stereocenters. The Morgan fingerprint density at radius 1 is 0.567 bits per heavy atom. The molecule has 0 atom stereocenters. The number of carbonyl (C=O) groups is 4. The van der Waals surface area contributed by atoms with E-state index in [4.69, 9.17) is 30.6 Å². The van der Waals surface area contributed by atoms with Crippen LogP contribution in [0.3, 0.4) is 0 Å². The number of para-hydroxylation sites is 2. The van der Waals surface area contributed by atoms with Crippen LogP contribution in [0.15, 0.2) is 48.5 Å². The van der Waals surface area contributed by atoms with Crippen molar-refractivity contribution in [1.82, 2.24) is 0 Å². The normalized spacial score (nSPS) is 9.20. The number of aromatic carboxylic acids is 2. The Morgan fingerprint density at radius 3 is 1.07 bits per heavy atom. The van der Waals surface area contributed by atoms with Crippen LogP contribution >= 0.6 is 0 Å². The van der Waals surface area contributed by atoms with Crippen molar-refractivity contribution < 1.29 is 49.8 Å². The smallest absolute Gasteiger partial charge is 0.339 e. The minimum atomic E-state index is -1.11. The van der Waals surface area contributed by atoms with Gasteiger partial charge in [0.2, 0.25) is 0 Å². The van der Waals surface area contributed by atoms with Gasteiger partial charge in [0, 0.05) is 12.8 Å². The van der Waals surface area contributed by atoms with Crippen molar-refractivity contribution >= 4 is 23.9 Å². The van der Waals surface area contributed by atoms with Gasteiger partial charge in [0.05, 0.1) is 0 Å². The molecule has 6 N–H and O–H groups in total. The Kier molecular flexibility index (Phi) is 12.1. The molecule has 30 heavy (non-hydrogen) atoms. The molecule has 0 aliphatic heterocycles. The van der Waals surface area contributed by atoms with Crippen LogP contribution in [0, 0.1) is 0 Å². The van der Waals surface area contributed by atoms with E-state index in [0.29, 0.717) is 12.8 Å². The Morgan fingerprint density at radius 2 is 0.867 bits per heavy atom. The second-order valence-electron chi connectivity index (χ2n) is 5.64. The van der Waals surface area contributed by atoms with Crippen LogP contribution in [-0.2, 0) is 9.59 Å². The van der Waals surface area contributed by atoms with E-state index in [1.54, 1.807) is 24.3 Å². The number of carboxylic acids is 4. The van der Waals surface area contributed by atoms with E-state index in [-0.39, 0.29) is 35.5 Å². The first-order valence-corrected chi connectivity index (χ1v) is 8.52. The van der Waals surface area contributed by atoms with E-state index in [9.17, 15) is 19.2 Å². The first kappa shape index (κ1) is 25.9. The average Bonchev–Trinajstić information content (AvgIpc) is 2.66. The van der Waals surface area contributed by atoms with Crippen molar-refractivity contribution in [3.05, 3.63) is 59.7 Å². The first-order valence-electron chi connectivity index (χ1n) is 8.52. The Hall–Kier alpha value is -4.08. The maximum Gasteiger partial charge on any atom is 0.339 e. The lowest BCUT2D eigenvalue weighted by Gasteiger charge is -1.95. The third kappa shape index (κ3) is 11.6. The fourth-order valence-electron chi connectivity index (χ4n) is 1.86. The zero-order valence-corrected chi connectivity index (χ0v) is 15.8. The molecule has 0 heterocycles. The zero-order valence-electron chi connectivity index (χ0n) is 15.8. The number of hydrogen-bond donors (Lipinski definition) is 6. The summed E-state index contributed by atoms with van der Waals surface area (Å²) in [6.45, 7) is 0. The molecule has 2 aromatic rings. The summed E-state index contributed by atoms with van der Waals surface area (Å²) in [5.74, 6) is -4.36. The van der Waals surface area contributed by atoms with Gasteiger partial charge in [-0.3, -0.25) is 9.59 Å². The summed E-state index contributed by atoms with van der Waals surface area (Å²) in [5.41, 5.74) is -0.134. The van der Waals surface area contributed by atoms with Gasteiger partial charge in [-0.15, -0.1) is 0 Å². The molecule has 0 aromatic heterocycles. The van der Waals surface area contributed by atoms with Crippen molar-refractivity contribution in [2.45, 2.75) is 25.7 Å². The third-order valence-corrected chi connectivity index (χ3v) is 3.30. The molecule has 2 rings (SSSR count). The molecule has 162 valence electrons. The van der Waals surface area contributed by atoms with Crippen LogP contribution in [0.25, 0.3) is 0 Å². The van der Waals surface area contributed by atoms with E-state index < -0.39 is 23.9 Å². The largest absolute Gasteiger partial charge is 0.507 e. The Bertz CT molecular complexity index is 789. The van der Waals surface area contributed by atoms with E-state index in [1.807, 2.05) is 0 Å². The standard InChI is InChI=1S/2C7H6O3.C6H10O4/c2*8-6-4-2-1-3-5(6)7(9)10;7-5(8)3-1-2-4-6(9)10/h2*1-4,8H,(H,9,10);1-4H2,(H,7,8)(H,9,10). The lowest BCUT2D eigenvalue weighted by molar-refractivity contribution is -0.139. The van der Waals surface area contributed by atoms with Crippen LogP contribution in [-0.4, -0.2) is 54.5 Å². The van der Waals surface area contributed by atoms with Crippen LogP contribution in [0.4, 0.5) is 0 Å². The number of carboxylic acid groups (broad SMARTS) is 4. The van der Waals surface area contributed by atoms with E-state index in [1.165, 1.54) is 24.3 Å². The van der Waals surface area contributed by atoms with Crippen molar-refractivity contribution in [2.75, 3.05) is 0 Å². The number of phenols is 2. The first-order chi connectivity index (χ1) is 14.1. The topological polar surface area (TPSA) is 190 Å². The van der Waals surface area contributed by atoms with Gasteiger partial charge in [-0.25, -0.2) is 9.59 Å². The molecule has 10 nitrogen and oxygen atoms in total. The zero-order chi connectivity index (χ0) is 23.1. The van der Waals surface area contributed by atoms with E-state index in [2.05, 4.69) is 0 Å². The van der Waals surface area contributed by atoms with Crippen LogP contribution in [0.2, 0.25) is 0 Å². The lowest BCUT2D eigenvalue weighted by Crippen LogP contribution is -1.97. The van der Waals surface area contributed by atoms with Crippen molar-refractivity contribution in [3.8, 4) is 11.5 Å². The molecular weight excluding hydrogens is 400 g/mol. The minimum absolute atomic E-state index is 0.0628. The fraction of sp³-hybridized carbons (Fsp3) is 0.200. The summed E-state index contributed by atoms with van der Waals surface area (Å²) in [4.78, 5) is 40.3. The summed E-state index contributed by atoms with van der Waals surface area (Å²) in [6, 6.07) is 11.6. The van der Waals surface area contributed by atoms with Crippen LogP contribution < -0.4 is 0 Å². The average molecular weight is 422 g/mol. The molecule has 10 heteroatoms. The fourth-order valence-corrected chi connectivity index (χ4v) is 1.86. The SMILES string of the molecule is O=C(O)CCCCC(=O)O.O=C(O)c1ccccc1O.O=C(O)c1ccccc1O. The van der Waals surface area contributed by atoms with Crippen LogP contribution in [0.5, 0.6) is 11.5 Å². The summed E-state index contributed by atoms with van der Waals surface area (Å²) in [5, 5.41) is 50.9. The van der Waals surface area contributed by atoms with Gasteiger partial charge < -0.3 is 30.6 Å². The summed E-state index contributed by atoms with van der Waals surface area (Å²) < 4.78 is 0. The molecule has 0 saturated heterocycles. The molecule has 0 aliphatic carbocycles. The van der Waals surface area contributed by atoms with Crippen LogP contribution in [0.1, 0.15) is 46.4 Å². The van der Waals surface area contributed by atoms with Gasteiger partial charge in [-0.05, 0) is 37.1 Å². The van der Waals surface area contributed by atoms with Crippen molar-refractivity contribution in [3.63, 3.8) is 0 Å². The van der Waals surface area contributed by atoms with Gasteiger partial charge >= 0.3 is 23.9 Å². The monoisotopic (exact) mass is 422 g/mol. The predicted molar refractivity (Wildman–Crippen MR) is 104 cm³/mol. The van der Waals surface area contributed by atoms with Crippen molar-refractivity contribution in [1.29, 1.82) is 0 Å². The molecule has 0 bridgehead atoms. The van der Waals surface area contributed by atoms with E-state index >= 15 is 0 Å². The van der Waals surface area contributed by atoms with Crippen molar-refractivity contribution in [2.24, 2.45) is 0 Å². The molecular formula is C20H22O10. The Labute approximate surface area is 171 Å². The van der Waals surface area contributed by atoms with Gasteiger partial charge in [0.25, 0.3) is 0 Å². The second kappa shape index (κ2) is 14.0. The molecule has 0 saturated carbocycles. The number of hydrogen-bond acceptors (Lipinski definition) is 6. The highest BCUT2D eigenvalue weighted by atomic mass is 16.4. The number of aromatic hydroxyl groups is 2. The summed E-state index contributed by atoms with van der Waals surface area (Å²) >= 11 is 0. The molecule has 0 radical (unpaired) electrons. The Balaban J connectivity index is 0.000000420. The second-order valence-corrected chi connectivity index (χ2v) is 5.64. The lowest BCUT2D eigenvalue weighted by atomic mass is 10.2. The number of unbranched alkanes of at least 4 members (excludes halogenated alkanes) is 1. The molecule has 0 amide bonds. The molecule has 0 fully saturated rings. The van der Waals surface area contributed by atoms with Gasteiger partial charge in [-0.2, -0.15) is 0 Å². The maximum atomic E-state index is 10.3. The number of rotatable bonds is 7. The van der Waals surface area contributed by atoms with Gasteiger partial charge in [-0.1, -0.05) is 24.3 Å². The highest BCUT2D eigenvalue weighted by Crippen LogP contribution is 2.15. The maximum absolute atomic E-state index is 10.3. The van der Waals surface area contributed by atoms with Gasteiger partial charge in [0.15, 0.2) is 0 Å².